The third-order valence-electron chi connectivity index (χ3n) is 9.82. The van der Waals surface area contributed by atoms with Crippen LogP contribution in [0.4, 0.5) is 16.2 Å². The van der Waals surface area contributed by atoms with E-state index in [1.807, 2.05) is 55.7 Å². The number of aryl methyl sites for hydroxylation is 2. The summed E-state index contributed by atoms with van der Waals surface area (Å²) in [6.07, 6.45) is 3.11. The van der Waals surface area contributed by atoms with Gasteiger partial charge in [-0.2, -0.15) is 8.75 Å². The highest BCUT2D eigenvalue weighted by Crippen LogP contribution is 2.42. The number of amides is 1. The molecule has 4 aromatic carbocycles. The van der Waals surface area contributed by atoms with Crippen molar-refractivity contribution in [1.29, 1.82) is 0 Å². The molecule has 2 aromatic heterocycles. The Bertz CT molecular complexity index is 2390. The van der Waals surface area contributed by atoms with Crippen LogP contribution in [0.2, 0.25) is 0 Å². The molecule has 6 rings (SSSR count). The number of hydrogen-bond acceptors (Lipinski definition) is 15. The normalized spacial score (nSPS) is 10.4. The monoisotopic (exact) mass is 938 g/mol. The molecule has 4 N–H and O–H groups in total. The number of aromatic nitrogens is 2. The number of carbonyl (C=O) groups excluding carboxylic acids is 1. The Morgan fingerprint density at radius 3 is 1.55 bits per heavy atom. The number of nitrogens with zero attached hydrogens (tertiary/aromatic N) is 2. The standard InChI is InChI=1S/C25H30N2O6S.C19H20N2O2S.C3H8O2.ClH/c1-16-12-19(14-23(31-5)17(16)2)24-20(15-26-34-24)18-6-7-22(30-4)21(13-18)27-25(28)33-11-10-32-9-8-29-3;1-11-7-14(9-18(23-4)12(11)2)19-15(10-21-24-19)13-5-6-17(22-3)16(20)8-13;1-5-3-2-4;/h6-7,12-15H,8-11H2,1-5H3,(H,27,28);5-10H,20H2,1-4H3;4H,2-3H2,1H3;1H. The predicted octanol–water partition coefficient (Wildman–Crippen LogP) is 10.1. The molecule has 0 atom stereocenters. The first kappa shape index (κ1) is 52.9. The maximum atomic E-state index is 12.3. The van der Waals surface area contributed by atoms with Gasteiger partial charge >= 0.3 is 6.09 Å². The van der Waals surface area contributed by atoms with Crippen LogP contribution in [0.1, 0.15) is 22.3 Å². The van der Waals surface area contributed by atoms with E-state index >= 15 is 0 Å². The summed E-state index contributed by atoms with van der Waals surface area (Å²) >= 11 is 2.88. The summed E-state index contributed by atoms with van der Waals surface area (Å²) in [5, 5.41) is 10.7. The lowest BCUT2D eigenvalue weighted by molar-refractivity contribution is 0.0447. The lowest BCUT2D eigenvalue weighted by Crippen LogP contribution is -2.18. The average Bonchev–Trinajstić information content (AvgIpc) is 3.99. The van der Waals surface area contributed by atoms with Crippen LogP contribution in [0, 0.1) is 27.7 Å². The first-order valence-electron chi connectivity index (χ1n) is 19.9. The van der Waals surface area contributed by atoms with Gasteiger partial charge in [0.1, 0.15) is 29.6 Å². The van der Waals surface area contributed by atoms with Gasteiger partial charge in [0.05, 0.1) is 82.6 Å². The number of aliphatic hydroxyl groups excluding tert-OH is 1. The van der Waals surface area contributed by atoms with Crippen molar-refractivity contribution in [1.82, 2.24) is 8.75 Å². The van der Waals surface area contributed by atoms with Gasteiger partial charge in [-0.3, -0.25) is 5.32 Å². The third-order valence-corrected chi connectivity index (χ3v) is 11.5. The van der Waals surface area contributed by atoms with Crippen molar-refractivity contribution >= 4 is 52.9 Å². The molecular weight excluding hydrogens is 880 g/mol. The second-order valence-corrected chi connectivity index (χ2v) is 15.4. The maximum absolute atomic E-state index is 12.3. The molecule has 0 aliphatic carbocycles. The van der Waals surface area contributed by atoms with Gasteiger partial charge < -0.3 is 48.7 Å². The number of nitrogens with two attached hydrogens (primary N) is 1. The second kappa shape index (κ2) is 27.0. The predicted molar refractivity (Wildman–Crippen MR) is 259 cm³/mol. The Labute approximate surface area is 390 Å². The SMILES string of the molecule is COCCO.COCCOCCOC(=O)Nc1cc(-c2cnsc2-c2cc(C)c(C)c(OC)c2)ccc1OC.COc1ccc(-c2cnsc2-c2cc(C)c(C)c(OC)c2)cc1N.Cl. The highest BCUT2D eigenvalue weighted by atomic mass is 35.5. The van der Waals surface area contributed by atoms with E-state index in [2.05, 4.69) is 57.8 Å². The summed E-state index contributed by atoms with van der Waals surface area (Å²) in [5.74, 6) is 2.92. The molecule has 2 heterocycles. The Morgan fingerprint density at radius 1 is 0.609 bits per heavy atom. The van der Waals surface area contributed by atoms with Crippen molar-refractivity contribution < 1.29 is 47.8 Å². The van der Waals surface area contributed by atoms with Crippen molar-refractivity contribution in [2.75, 3.05) is 93.4 Å². The smallest absolute Gasteiger partial charge is 0.411 e. The van der Waals surface area contributed by atoms with Crippen molar-refractivity contribution in [2.24, 2.45) is 0 Å². The summed E-state index contributed by atoms with van der Waals surface area (Å²) in [7, 11) is 9.69. The Balaban J connectivity index is 0.000000316. The molecule has 0 aliphatic rings. The summed E-state index contributed by atoms with van der Waals surface area (Å²) in [4.78, 5) is 14.4. The average molecular weight is 940 g/mol. The van der Waals surface area contributed by atoms with Crippen LogP contribution in [-0.2, 0) is 18.9 Å². The van der Waals surface area contributed by atoms with Crippen LogP contribution in [0.5, 0.6) is 23.0 Å². The van der Waals surface area contributed by atoms with E-state index in [1.165, 1.54) is 28.6 Å². The van der Waals surface area contributed by atoms with Gasteiger partial charge in [-0.1, -0.05) is 24.3 Å². The molecule has 0 aliphatic heterocycles. The number of halogens is 1. The number of rotatable bonds is 17. The topological polar surface area (TPSA) is 175 Å². The molecule has 0 radical (unpaired) electrons. The Morgan fingerprint density at radius 2 is 1.09 bits per heavy atom. The van der Waals surface area contributed by atoms with E-state index in [9.17, 15) is 4.79 Å². The number of anilines is 2. The number of nitrogens with one attached hydrogen (secondary N) is 1. The van der Waals surface area contributed by atoms with E-state index in [1.54, 1.807) is 48.7 Å². The molecule has 346 valence electrons. The van der Waals surface area contributed by atoms with Gasteiger partial charge in [0, 0.05) is 37.7 Å². The van der Waals surface area contributed by atoms with Crippen LogP contribution in [0.3, 0.4) is 0 Å². The number of nitrogen functional groups attached to an aromatic ring is 1. The Hall–Kier alpha value is -5.46. The molecule has 0 saturated carbocycles. The maximum Gasteiger partial charge on any atom is 0.411 e. The molecule has 1 amide bonds. The largest absolute Gasteiger partial charge is 0.496 e. The lowest BCUT2D eigenvalue weighted by atomic mass is 9.99. The van der Waals surface area contributed by atoms with Crippen molar-refractivity contribution in [3.8, 4) is 66.1 Å². The fourth-order valence-electron chi connectivity index (χ4n) is 6.20. The van der Waals surface area contributed by atoms with Crippen LogP contribution in [-0.4, -0.2) is 102 Å². The van der Waals surface area contributed by atoms with E-state index < -0.39 is 6.09 Å². The van der Waals surface area contributed by atoms with Crippen molar-refractivity contribution in [3.63, 3.8) is 0 Å². The van der Waals surface area contributed by atoms with E-state index in [-0.39, 0.29) is 32.2 Å². The van der Waals surface area contributed by atoms with Gasteiger partial charge in [-0.05, 0) is 132 Å². The third kappa shape index (κ3) is 14.3. The number of ether oxygens (including phenoxy) is 8. The number of hydrogen-bond donors (Lipinski definition) is 3. The molecular formula is C47H59ClN4O10S2. The van der Waals surface area contributed by atoms with Gasteiger partial charge in [0.2, 0.25) is 0 Å². The highest BCUT2D eigenvalue weighted by Gasteiger charge is 2.18. The summed E-state index contributed by atoms with van der Waals surface area (Å²) < 4.78 is 50.4. The quantitative estimate of drug-likeness (QED) is 0.0583. The summed E-state index contributed by atoms with van der Waals surface area (Å²) in [6, 6.07) is 19.8. The van der Waals surface area contributed by atoms with Crippen LogP contribution in [0.25, 0.3) is 43.1 Å². The zero-order valence-electron chi connectivity index (χ0n) is 38.0. The molecule has 0 saturated heterocycles. The Kier molecular flexibility index (Phi) is 22.3. The summed E-state index contributed by atoms with van der Waals surface area (Å²) in [6.45, 7) is 10.2. The minimum Gasteiger partial charge on any atom is -0.496 e. The van der Waals surface area contributed by atoms with Gasteiger partial charge in [-0.15, -0.1) is 12.4 Å². The molecule has 0 unspecified atom stereocenters. The van der Waals surface area contributed by atoms with Crippen molar-refractivity contribution in [3.05, 3.63) is 95.3 Å². The van der Waals surface area contributed by atoms with E-state index in [0.717, 1.165) is 71.3 Å². The zero-order chi connectivity index (χ0) is 45.9. The van der Waals surface area contributed by atoms with E-state index in [4.69, 9.17) is 44.0 Å². The van der Waals surface area contributed by atoms with Crippen LogP contribution >= 0.6 is 35.5 Å². The van der Waals surface area contributed by atoms with Gasteiger partial charge in [0.25, 0.3) is 0 Å². The lowest BCUT2D eigenvalue weighted by Gasteiger charge is -2.14. The first-order valence-corrected chi connectivity index (χ1v) is 21.4. The molecule has 64 heavy (non-hydrogen) atoms. The van der Waals surface area contributed by atoms with Crippen LogP contribution < -0.4 is 30.0 Å². The van der Waals surface area contributed by atoms with Crippen LogP contribution in [0.15, 0.2) is 73.1 Å². The highest BCUT2D eigenvalue weighted by molar-refractivity contribution is 7.10. The first-order chi connectivity index (χ1) is 30.4. The zero-order valence-corrected chi connectivity index (χ0v) is 40.4. The minimum absolute atomic E-state index is 0. The molecule has 17 heteroatoms. The molecule has 14 nitrogen and oxygen atoms in total. The second-order valence-electron chi connectivity index (χ2n) is 13.8. The number of carbonyl (C=O) groups is 1. The number of aliphatic hydroxyl groups is 1. The fourth-order valence-corrected chi connectivity index (χ4v) is 7.71. The molecule has 0 fully saturated rings. The van der Waals surface area contributed by atoms with Gasteiger partial charge in [-0.25, -0.2) is 4.79 Å². The number of benzene rings is 4. The van der Waals surface area contributed by atoms with Crippen molar-refractivity contribution in [2.45, 2.75) is 27.7 Å². The van der Waals surface area contributed by atoms with E-state index in [0.29, 0.717) is 42.7 Å². The number of methoxy groups -OCH3 is 6. The minimum atomic E-state index is -0.589. The molecule has 6 aromatic rings. The molecule has 0 spiro atoms. The summed E-state index contributed by atoms with van der Waals surface area (Å²) in [5.41, 5.74) is 17.8. The molecule has 0 bridgehead atoms. The fraction of sp³-hybridized carbons (Fsp3) is 0.340. The van der Waals surface area contributed by atoms with Gasteiger partial charge in [0.15, 0.2) is 0 Å².